The zero-order chi connectivity index (χ0) is 14.5. The highest BCUT2D eigenvalue weighted by Crippen LogP contribution is 2.15. The number of likely N-dealkylation sites (N-methyl/N-ethyl adjacent to an activating group) is 1. The second-order valence-corrected chi connectivity index (χ2v) is 5.64. The van der Waals surface area contributed by atoms with Crippen LogP contribution in [-0.4, -0.2) is 55.5 Å². The molecule has 1 aromatic rings. The van der Waals surface area contributed by atoms with Crippen LogP contribution in [0.3, 0.4) is 0 Å². The number of nitrogens with zero attached hydrogens (tertiary/aromatic N) is 2. The van der Waals surface area contributed by atoms with Crippen molar-refractivity contribution in [2.45, 2.75) is 25.8 Å². The monoisotopic (exact) mass is 276 g/mol. The summed E-state index contributed by atoms with van der Waals surface area (Å²) >= 11 is 0. The average Bonchev–Trinajstić information content (AvgIpc) is 2.46. The molecule has 0 unspecified atom stereocenters. The Kier molecular flexibility index (Phi) is 5.01. The lowest BCUT2D eigenvalue weighted by molar-refractivity contribution is -0.134. The summed E-state index contributed by atoms with van der Waals surface area (Å²) in [5.74, 6) is 0.806. The number of piperidine rings is 1. The number of carbonyl (C=O) groups is 1. The van der Waals surface area contributed by atoms with E-state index >= 15 is 0 Å². The molecule has 0 spiro atoms. The van der Waals surface area contributed by atoms with E-state index < -0.39 is 0 Å². The van der Waals surface area contributed by atoms with E-state index in [9.17, 15) is 4.79 Å². The van der Waals surface area contributed by atoms with E-state index in [0.717, 1.165) is 31.7 Å². The minimum Gasteiger partial charge on any atom is -0.484 e. The standard InChI is InChI=1S/C16H24N2O2/c1-13-4-6-15(7-5-13)20-12-16(19)18(3)14-8-10-17(2)11-9-14/h4-7,14H,8-12H2,1-3H3. The predicted molar refractivity (Wildman–Crippen MR) is 80.0 cm³/mol. The third-order valence-corrected chi connectivity index (χ3v) is 4.01. The lowest BCUT2D eigenvalue weighted by atomic mass is 10.0. The number of benzene rings is 1. The second-order valence-electron chi connectivity index (χ2n) is 5.64. The first-order valence-electron chi connectivity index (χ1n) is 7.20. The average molecular weight is 276 g/mol. The fraction of sp³-hybridized carbons (Fsp3) is 0.562. The molecular weight excluding hydrogens is 252 g/mol. The van der Waals surface area contributed by atoms with Crippen molar-refractivity contribution < 1.29 is 9.53 Å². The molecule has 1 amide bonds. The van der Waals surface area contributed by atoms with Crippen LogP contribution in [0.1, 0.15) is 18.4 Å². The zero-order valence-corrected chi connectivity index (χ0v) is 12.6. The van der Waals surface area contributed by atoms with Gasteiger partial charge in [-0.25, -0.2) is 0 Å². The van der Waals surface area contributed by atoms with Crippen LogP contribution in [-0.2, 0) is 4.79 Å². The van der Waals surface area contributed by atoms with Crippen molar-refractivity contribution in [3.05, 3.63) is 29.8 Å². The molecule has 4 heteroatoms. The number of carbonyl (C=O) groups excluding carboxylic acids is 1. The maximum Gasteiger partial charge on any atom is 0.260 e. The molecule has 20 heavy (non-hydrogen) atoms. The number of likely N-dealkylation sites (tertiary alicyclic amines) is 1. The minimum absolute atomic E-state index is 0.0557. The Morgan fingerprint density at radius 1 is 1.30 bits per heavy atom. The Labute approximate surface area is 121 Å². The number of aryl methyl sites for hydroxylation is 1. The summed E-state index contributed by atoms with van der Waals surface area (Å²) in [7, 11) is 4.01. The highest BCUT2D eigenvalue weighted by atomic mass is 16.5. The molecule has 0 bridgehead atoms. The lowest BCUT2D eigenvalue weighted by Crippen LogP contribution is -2.45. The van der Waals surface area contributed by atoms with Crippen LogP contribution in [0.25, 0.3) is 0 Å². The Morgan fingerprint density at radius 3 is 2.50 bits per heavy atom. The molecule has 0 radical (unpaired) electrons. The van der Waals surface area contributed by atoms with Crippen LogP contribution in [0.15, 0.2) is 24.3 Å². The summed E-state index contributed by atoms with van der Waals surface area (Å²) in [6, 6.07) is 8.12. The van der Waals surface area contributed by atoms with Crippen LogP contribution in [0.5, 0.6) is 5.75 Å². The van der Waals surface area contributed by atoms with Crippen LogP contribution in [0.4, 0.5) is 0 Å². The maximum absolute atomic E-state index is 12.2. The number of amides is 1. The van der Waals surface area contributed by atoms with Crippen molar-refractivity contribution in [1.82, 2.24) is 9.80 Å². The van der Waals surface area contributed by atoms with Crippen molar-refractivity contribution in [1.29, 1.82) is 0 Å². The van der Waals surface area contributed by atoms with Crippen molar-refractivity contribution in [3.63, 3.8) is 0 Å². The van der Waals surface area contributed by atoms with Gasteiger partial charge in [-0.05, 0) is 52.0 Å². The Hall–Kier alpha value is -1.55. The zero-order valence-electron chi connectivity index (χ0n) is 12.6. The quantitative estimate of drug-likeness (QED) is 0.842. The van der Waals surface area contributed by atoms with E-state index in [-0.39, 0.29) is 12.5 Å². The van der Waals surface area contributed by atoms with Gasteiger partial charge in [-0.3, -0.25) is 4.79 Å². The first kappa shape index (κ1) is 14.9. The molecule has 2 rings (SSSR count). The summed E-state index contributed by atoms with van der Waals surface area (Å²) in [5, 5.41) is 0. The molecule has 1 heterocycles. The molecule has 0 aromatic heterocycles. The second kappa shape index (κ2) is 6.75. The molecular formula is C16H24N2O2. The third kappa shape index (κ3) is 3.97. The van der Waals surface area contributed by atoms with E-state index in [4.69, 9.17) is 4.74 Å². The predicted octanol–water partition coefficient (Wildman–Crippen LogP) is 1.93. The van der Waals surface area contributed by atoms with Crippen molar-refractivity contribution >= 4 is 5.91 Å². The van der Waals surface area contributed by atoms with Crippen LogP contribution in [0, 0.1) is 6.92 Å². The molecule has 0 aliphatic carbocycles. The van der Waals surface area contributed by atoms with E-state index in [1.165, 1.54) is 5.56 Å². The molecule has 1 aliphatic rings. The highest BCUT2D eigenvalue weighted by Gasteiger charge is 2.23. The summed E-state index contributed by atoms with van der Waals surface area (Å²) in [6.45, 7) is 4.26. The molecule has 1 aromatic carbocycles. The molecule has 0 N–H and O–H groups in total. The minimum atomic E-state index is 0.0557. The smallest absolute Gasteiger partial charge is 0.260 e. The number of hydrogen-bond donors (Lipinski definition) is 0. The van der Waals surface area contributed by atoms with Crippen molar-refractivity contribution in [2.75, 3.05) is 33.8 Å². The van der Waals surface area contributed by atoms with Gasteiger partial charge >= 0.3 is 0 Å². The fourth-order valence-corrected chi connectivity index (χ4v) is 2.47. The van der Waals surface area contributed by atoms with Gasteiger partial charge in [0, 0.05) is 13.1 Å². The van der Waals surface area contributed by atoms with Crippen LogP contribution >= 0.6 is 0 Å². The van der Waals surface area contributed by atoms with Crippen molar-refractivity contribution in [2.24, 2.45) is 0 Å². The lowest BCUT2D eigenvalue weighted by Gasteiger charge is -2.35. The van der Waals surface area contributed by atoms with Crippen molar-refractivity contribution in [3.8, 4) is 5.75 Å². The van der Waals surface area contributed by atoms with Gasteiger partial charge in [-0.1, -0.05) is 17.7 Å². The Morgan fingerprint density at radius 2 is 1.90 bits per heavy atom. The number of rotatable bonds is 4. The molecule has 0 atom stereocenters. The van der Waals surface area contributed by atoms with Crippen LogP contribution < -0.4 is 4.74 Å². The van der Waals surface area contributed by atoms with E-state index in [1.54, 1.807) is 0 Å². The van der Waals surface area contributed by atoms with Gasteiger partial charge < -0.3 is 14.5 Å². The van der Waals surface area contributed by atoms with E-state index in [0.29, 0.717) is 6.04 Å². The number of hydrogen-bond acceptors (Lipinski definition) is 3. The fourth-order valence-electron chi connectivity index (χ4n) is 2.47. The summed E-state index contributed by atoms with van der Waals surface area (Å²) in [4.78, 5) is 16.3. The van der Waals surface area contributed by atoms with Gasteiger partial charge in [-0.2, -0.15) is 0 Å². The van der Waals surface area contributed by atoms with Gasteiger partial charge in [-0.15, -0.1) is 0 Å². The van der Waals surface area contributed by atoms with Gasteiger partial charge in [0.1, 0.15) is 5.75 Å². The largest absolute Gasteiger partial charge is 0.484 e. The molecule has 1 saturated heterocycles. The Bertz CT molecular complexity index is 436. The van der Waals surface area contributed by atoms with Gasteiger partial charge in [0.05, 0.1) is 0 Å². The molecule has 110 valence electrons. The maximum atomic E-state index is 12.2. The Balaban J connectivity index is 1.80. The topological polar surface area (TPSA) is 32.8 Å². The highest BCUT2D eigenvalue weighted by molar-refractivity contribution is 5.77. The van der Waals surface area contributed by atoms with E-state index in [1.807, 2.05) is 43.1 Å². The number of ether oxygens (including phenoxy) is 1. The first-order chi connectivity index (χ1) is 9.56. The molecule has 0 saturated carbocycles. The van der Waals surface area contributed by atoms with Gasteiger partial charge in [0.2, 0.25) is 0 Å². The molecule has 1 aliphatic heterocycles. The SMILES string of the molecule is Cc1ccc(OCC(=O)N(C)C2CCN(C)CC2)cc1. The summed E-state index contributed by atoms with van der Waals surface area (Å²) in [6.07, 6.45) is 2.09. The molecule has 1 fully saturated rings. The normalized spacial score (nSPS) is 16.9. The first-order valence-corrected chi connectivity index (χ1v) is 7.20. The summed E-state index contributed by atoms with van der Waals surface area (Å²) in [5.41, 5.74) is 1.19. The van der Waals surface area contributed by atoms with E-state index in [2.05, 4.69) is 11.9 Å². The van der Waals surface area contributed by atoms with Crippen LogP contribution in [0.2, 0.25) is 0 Å². The third-order valence-electron chi connectivity index (χ3n) is 4.01. The summed E-state index contributed by atoms with van der Waals surface area (Å²) < 4.78 is 5.55. The molecule has 4 nitrogen and oxygen atoms in total. The van der Waals surface area contributed by atoms with Gasteiger partial charge in [0.15, 0.2) is 6.61 Å². The van der Waals surface area contributed by atoms with Gasteiger partial charge in [0.25, 0.3) is 5.91 Å².